The molecule has 5 aromatic rings. The Bertz CT molecular complexity index is 1550. The molecular weight excluding hydrogens is 466 g/mol. The summed E-state index contributed by atoms with van der Waals surface area (Å²) in [6.45, 7) is 0. The third-order valence-electron chi connectivity index (χ3n) is 5.64. The molecule has 1 amide bonds. The van der Waals surface area contributed by atoms with Crippen molar-refractivity contribution in [2.24, 2.45) is 0 Å². The van der Waals surface area contributed by atoms with Crippen molar-refractivity contribution < 1.29 is 14.3 Å². The summed E-state index contributed by atoms with van der Waals surface area (Å²) in [4.78, 5) is 33.3. The summed E-state index contributed by atoms with van der Waals surface area (Å²) in [5.74, 6) is -0.733. The number of pyridine rings is 2. The molecule has 0 fully saturated rings. The van der Waals surface area contributed by atoms with Gasteiger partial charge in [0, 0.05) is 34.3 Å². The number of nitrogens with zero attached hydrogens (tertiary/aromatic N) is 2. The number of benzene rings is 3. The fourth-order valence-electron chi connectivity index (χ4n) is 3.78. The molecule has 182 valence electrons. The smallest absolute Gasteiger partial charge is 0.337 e. The highest BCUT2D eigenvalue weighted by Crippen LogP contribution is 2.26. The van der Waals surface area contributed by atoms with E-state index < -0.39 is 5.97 Å². The highest BCUT2D eigenvalue weighted by Gasteiger charge is 2.11. The molecule has 0 spiro atoms. The summed E-state index contributed by atoms with van der Waals surface area (Å²) in [6, 6.07) is 27.7. The van der Waals surface area contributed by atoms with Crippen LogP contribution in [-0.4, -0.2) is 29.0 Å². The van der Waals surface area contributed by atoms with Crippen LogP contribution < -0.4 is 16.0 Å². The molecule has 2 heterocycles. The van der Waals surface area contributed by atoms with E-state index in [1.807, 2.05) is 54.6 Å². The zero-order valence-corrected chi connectivity index (χ0v) is 19.9. The summed E-state index contributed by atoms with van der Waals surface area (Å²) >= 11 is 0. The van der Waals surface area contributed by atoms with Crippen LogP contribution in [0.5, 0.6) is 0 Å². The Morgan fingerprint density at radius 2 is 1.46 bits per heavy atom. The number of amides is 1. The van der Waals surface area contributed by atoms with E-state index in [-0.39, 0.29) is 11.6 Å². The molecule has 0 radical (unpaired) electrons. The molecule has 0 aliphatic heterocycles. The van der Waals surface area contributed by atoms with Crippen LogP contribution in [0.2, 0.25) is 0 Å². The lowest BCUT2D eigenvalue weighted by Crippen LogP contribution is -2.13. The number of hydrogen-bond donors (Lipinski definition) is 3. The van der Waals surface area contributed by atoms with Crippen molar-refractivity contribution in [3.8, 4) is 0 Å². The van der Waals surface area contributed by atoms with E-state index in [2.05, 4.69) is 25.9 Å². The number of nitrogens with one attached hydrogen (secondary N) is 3. The van der Waals surface area contributed by atoms with Crippen LogP contribution in [0.25, 0.3) is 10.9 Å². The summed E-state index contributed by atoms with van der Waals surface area (Å²) in [6.07, 6.45) is 3.26. The normalized spacial score (nSPS) is 10.5. The molecule has 3 N–H and O–H groups in total. The summed E-state index contributed by atoms with van der Waals surface area (Å²) in [5, 5.41) is 10.2. The maximum Gasteiger partial charge on any atom is 0.337 e. The quantitative estimate of drug-likeness (QED) is 0.235. The average molecular weight is 490 g/mol. The number of hydrogen-bond acceptors (Lipinski definition) is 7. The molecule has 0 unspecified atom stereocenters. The van der Waals surface area contributed by atoms with Gasteiger partial charge in [-0.1, -0.05) is 18.2 Å². The van der Waals surface area contributed by atoms with Crippen LogP contribution in [0.3, 0.4) is 0 Å². The molecule has 0 bridgehead atoms. The largest absolute Gasteiger partial charge is 0.465 e. The molecular formula is C29H23N5O3. The van der Waals surface area contributed by atoms with Crippen molar-refractivity contribution in [1.29, 1.82) is 0 Å². The van der Waals surface area contributed by atoms with E-state index in [0.29, 0.717) is 16.9 Å². The predicted octanol–water partition coefficient (Wildman–Crippen LogP) is 6.16. The van der Waals surface area contributed by atoms with Gasteiger partial charge in [-0.25, -0.2) is 9.78 Å². The first-order valence-corrected chi connectivity index (χ1v) is 11.5. The van der Waals surface area contributed by atoms with Gasteiger partial charge < -0.3 is 20.7 Å². The molecule has 2 aromatic heterocycles. The van der Waals surface area contributed by atoms with Crippen LogP contribution in [-0.2, 0) is 4.74 Å². The molecule has 8 heteroatoms. The van der Waals surface area contributed by atoms with Gasteiger partial charge in [-0.3, -0.25) is 9.78 Å². The lowest BCUT2D eigenvalue weighted by Gasteiger charge is -2.11. The molecule has 5 rings (SSSR count). The summed E-state index contributed by atoms with van der Waals surface area (Å²) in [7, 11) is 1.34. The van der Waals surface area contributed by atoms with Gasteiger partial charge in [-0.05, 0) is 72.8 Å². The standard InChI is InChI=1S/C29H23N5O3/c1-37-29(36)19-7-13-25-24(17-19)26(15-16-30-25)33-23-12-14-27(31-18-23)28(35)34-22-10-8-21(9-11-22)32-20-5-3-2-4-6-20/h2-18,32H,1H3,(H,30,33)(H,34,35). The summed E-state index contributed by atoms with van der Waals surface area (Å²) in [5.41, 5.74) is 5.44. The lowest BCUT2D eigenvalue weighted by atomic mass is 10.1. The summed E-state index contributed by atoms with van der Waals surface area (Å²) < 4.78 is 4.82. The topological polar surface area (TPSA) is 105 Å². The van der Waals surface area contributed by atoms with Gasteiger partial charge >= 0.3 is 5.97 Å². The number of methoxy groups -OCH3 is 1. The number of aromatic nitrogens is 2. The Morgan fingerprint density at radius 1 is 0.730 bits per heavy atom. The minimum atomic E-state index is -0.421. The first-order valence-electron chi connectivity index (χ1n) is 11.5. The molecule has 0 saturated heterocycles. The average Bonchev–Trinajstić information content (AvgIpc) is 2.94. The third-order valence-corrected chi connectivity index (χ3v) is 5.64. The Hall–Kier alpha value is -5.24. The van der Waals surface area contributed by atoms with Crippen LogP contribution in [0.15, 0.2) is 103 Å². The van der Waals surface area contributed by atoms with Gasteiger partial charge in [0.2, 0.25) is 0 Å². The Morgan fingerprint density at radius 3 is 2.19 bits per heavy atom. The minimum Gasteiger partial charge on any atom is -0.465 e. The van der Waals surface area contributed by atoms with E-state index in [4.69, 9.17) is 4.74 Å². The number of carbonyl (C=O) groups excluding carboxylic acids is 2. The number of rotatable bonds is 7. The number of para-hydroxylation sites is 1. The van der Waals surface area contributed by atoms with E-state index in [0.717, 1.165) is 28.0 Å². The maximum atomic E-state index is 12.7. The molecule has 0 aliphatic carbocycles. The van der Waals surface area contributed by atoms with Crippen molar-refractivity contribution in [3.05, 3.63) is 115 Å². The second-order valence-corrected chi connectivity index (χ2v) is 8.16. The highest BCUT2D eigenvalue weighted by atomic mass is 16.5. The second-order valence-electron chi connectivity index (χ2n) is 8.16. The van der Waals surface area contributed by atoms with Crippen LogP contribution >= 0.6 is 0 Å². The van der Waals surface area contributed by atoms with E-state index >= 15 is 0 Å². The third kappa shape index (κ3) is 5.54. The SMILES string of the molecule is COC(=O)c1ccc2nccc(Nc3ccc(C(=O)Nc4ccc(Nc5ccccc5)cc4)nc3)c2c1. The van der Waals surface area contributed by atoms with Crippen LogP contribution in [0.1, 0.15) is 20.8 Å². The molecule has 8 nitrogen and oxygen atoms in total. The molecule has 0 aliphatic rings. The zero-order valence-electron chi connectivity index (χ0n) is 19.9. The second kappa shape index (κ2) is 10.6. The molecule has 0 atom stereocenters. The molecule has 37 heavy (non-hydrogen) atoms. The van der Waals surface area contributed by atoms with Crippen molar-refractivity contribution in [2.75, 3.05) is 23.1 Å². The molecule has 3 aromatic carbocycles. The van der Waals surface area contributed by atoms with Gasteiger partial charge in [0.1, 0.15) is 5.69 Å². The monoisotopic (exact) mass is 489 g/mol. The predicted molar refractivity (Wildman–Crippen MR) is 145 cm³/mol. The van der Waals surface area contributed by atoms with Gasteiger partial charge in [-0.15, -0.1) is 0 Å². The van der Waals surface area contributed by atoms with Gasteiger partial charge in [0.15, 0.2) is 0 Å². The van der Waals surface area contributed by atoms with Crippen molar-refractivity contribution in [3.63, 3.8) is 0 Å². The molecule has 0 saturated carbocycles. The van der Waals surface area contributed by atoms with Crippen molar-refractivity contribution in [1.82, 2.24) is 9.97 Å². The van der Waals surface area contributed by atoms with Crippen molar-refractivity contribution in [2.45, 2.75) is 0 Å². The number of carbonyl (C=O) groups is 2. The Kier molecular flexibility index (Phi) is 6.72. The fraction of sp³-hybridized carbons (Fsp3) is 0.0345. The van der Waals surface area contributed by atoms with Gasteiger partial charge in [-0.2, -0.15) is 0 Å². The number of anilines is 5. The number of ether oxygens (including phenoxy) is 1. The first kappa shape index (κ1) is 23.5. The minimum absolute atomic E-state index is 0.282. The van der Waals surface area contributed by atoms with Crippen LogP contribution in [0.4, 0.5) is 28.4 Å². The Balaban J connectivity index is 1.25. The lowest BCUT2D eigenvalue weighted by molar-refractivity contribution is 0.0600. The van der Waals surface area contributed by atoms with E-state index in [9.17, 15) is 9.59 Å². The maximum absolute atomic E-state index is 12.7. The van der Waals surface area contributed by atoms with Crippen molar-refractivity contribution >= 4 is 51.2 Å². The van der Waals surface area contributed by atoms with E-state index in [1.165, 1.54) is 7.11 Å². The first-order chi connectivity index (χ1) is 18.1. The highest BCUT2D eigenvalue weighted by molar-refractivity contribution is 6.03. The number of esters is 1. The fourth-order valence-corrected chi connectivity index (χ4v) is 3.78. The van der Waals surface area contributed by atoms with Gasteiger partial charge in [0.25, 0.3) is 5.91 Å². The van der Waals surface area contributed by atoms with E-state index in [1.54, 1.807) is 48.8 Å². The number of fused-ring (bicyclic) bond motifs is 1. The zero-order chi connectivity index (χ0) is 25.6. The van der Waals surface area contributed by atoms with Gasteiger partial charge in [0.05, 0.1) is 30.1 Å². The van der Waals surface area contributed by atoms with Crippen LogP contribution in [0, 0.1) is 0 Å². The Labute approximate surface area is 213 Å².